The minimum atomic E-state index is -4.70. The van der Waals surface area contributed by atoms with Gasteiger partial charge in [0.15, 0.2) is 0 Å². The van der Waals surface area contributed by atoms with E-state index in [9.17, 15) is 22.4 Å². The Kier molecular flexibility index (Phi) is 5.98. The molecule has 3 nitrogen and oxygen atoms in total. The molecule has 0 unspecified atom stereocenters. The topological polar surface area (TPSA) is 55.1 Å². The predicted molar refractivity (Wildman–Crippen MR) is 69.2 cm³/mol. The van der Waals surface area contributed by atoms with Crippen molar-refractivity contribution in [1.82, 2.24) is 5.32 Å². The Balaban J connectivity index is 0.00000361. The van der Waals surface area contributed by atoms with Crippen LogP contribution in [0.15, 0.2) is 18.2 Å². The molecule has 0 fully saturated rings. The third-order valence-electron chi connectivity index (χ3n) is 2.19. The second-order valence-corrected chi connectivity index (χ2v) is 4.90. The van der Waals surface area contributed by atoms with Crippen LogP contribution in [0.4, 0.5) is 17.6 Å². The van der Waals surface area contributed by atoms with Crippen LogP contribution in [-0.2, 0) is 6.18 Å². The van der Waals surface area contributed by atoms with Gasteiger partial charge in [0, 0.05) is 17.6 Å². The Morgan fingerprint density at radius 2 is 1.80 bits per heavy atom. The summed E-state index contributed by atoms with van der Waals surface area (Å²) in [6, 6.07) is 1.68. The lowest BCUT2D eigenvalue weighted by atomic mass is 10.1. The zero-order valence-corrected chi connectivity index (χ0v) is 11.7. The SMILES string of the molecule is CC(C)(N)CNC(=O)c1cc(F)cc(C(F)(F)F)c1.Cl. The zero-order chi connectivity index (χ0) is 14.8. The van der Waals surface area contributed by atoms with Crippen LogP contribution in [0.1, 0.15) is 29.8 Å². The first-order chi connectivity index (χ1) is 8.49. The highest BCUT2D eigenvalue weighted by atomic mass is 35.5. The highest BCUT2D eigenvalue weighted by Crippen LogP contribution is 2.30. The van der Waals surface area contributed by atoms with Crippen LogP contribution in [0.25, 0.3) is 0 Å². The third-order valence-corrected chi connectivity index (χ3v) is 2.19. The summed E-state index contributed by atoms with van der Waals surface area (Å²) in [5.41, 5.74) is 3.31. The van der Waals surface area contributed by atoms with E-state index in [1.807, 2.05) is 0 Å². The summed E-state index contributed by atoms with van der Waals surface area (Å²) in [5, 5.41) is 2.35. The van der Waals surface area contributed by atoms with Crippen molar-refractivity contribution in [3.8, 4) is 0 Å². The van der Waals surface area contributed by atoms with Gasteiger partial charge in [-0.05, 0) is 32.0 Å². The molecule has 0 atom stereocenters. The minimum absolute atomic E-state index is 0. The number of amides is 1. The first-order valence-corrected chi connectivity index (χ1v) is 5.44. The maximum Gasteiger partial charge on any atom is 0.416 e. The fourth-order valence-electron chi connectivity index (χ4n) is 1.29. The number of nitrogens with one attached hydrogen (secondary N) is 1. The molecule has 0 aliphatic rings. The molecular weight excluding hydrogens is 300 g/mol. The molecule has 0 saturated carbocycles. The van der Waals surface area contributed by atoms with Crippen molar-refractivity contribution in [1.29, 1.82) is 0 Å². The first-order valence-electron chi connectivity index (χ1n) is 5.44. The third kappa shape index (κ3) is 5.75. The molecule has 1 aromatic carbocycles. The second kappa shape index (κ2) is 6.41. The number of carbonyl (C=O) groups excluding carboxylic acids is 1. The fourth-order valence-corrected chi connectivity index (χ4v) is 1.29. The van der Waals surface area contributed by atoms with Crippen molar-refractivity contribution in [2.45, 2.75) is 25.6 Å². The quantitative estimate of drug-likeness (QED) is 0.843. The van der Waals surface area contributed by atoms with Crippen LogP contribution in [0.5, 0.6) is 0 Å². The summed E-state index contributed by atoms with van der Waals surface area (Å²) in [4.78, 5) is 11.6. The van der Waals surface area contributed by atoms with E-state index < -0.39 is 34.6 Å². The maximum absolute atomic E-state index is 13.1. The van der Waals surface area contributed by atoms with Gasteiger partial charge in [-0.25, -0.2) is 4.39 Å². The Morgan fingerprint density at radius 3 is 2.25 bits per heavy atom. The van der Waals surface area contributed by atoms with Crippen molar-refractivity contribution in [3.05, 3.63) is 35.1 Å². The van der Waals surface area contributed by atoms with E-state index in [2.05, 4.69) is 5.32 Å². The molecule has 3 N–H and O–H groups in total. The highest BCUT2D eigenvalue weighted by molar-refractivity contribution is 5.94. The van der Waals surface area contributed by atoms with Gasteiger partial charge in [0.25, 0.3) is 5.91 Å². The van der Waals surface area contributed by atoms with Crippen LogP contribution >= 0.6 is 12.4 Å². The summed E-state index contributed by atoms with van der Waals surface area (Å²) in [6.07, 6.45) is -4.70. The number of halogens is 5. The van der Waals surface area contributed by atoms with Gasteiger partial charge in [0.05, 0.1) is 5.56 Å². The molecule has 0 aliphatic carbocycles. The van der Waals surface area contributed by atoms with Gasteiger partial charge in [-0.15, -0.1) is 12.4 Å². The lowest BCUT2D eigenvalue weighted by molar-refractivity contribution is -0.137. The summed E-state index contributed by atoms with van der Waals surface area (Å²) in [7, 11) is 0. The molecule has 0 spiro atoms. The molecule has 20 heavy (non-hydrogen) atoms. The number of carbonyl (C=O) groups is 1. The normalized spacial score (nSPS) is 11.8. The smallest absolute Gasteiger partial charge is 0.350 e. The number of hydrogen-bond acceptors (Lipinski definition) is 2. The number of alkyl halides is 3. The van der Waals surface area contributed by atoms with E-state index in [4.69, 9.17) is 5.73 Å². The van der Waals surface area contributed by atoms with Gasteiger partial charge in [-0.2, -0.15) is 13.2 Å². The van der Waals surface area contributed by atoms with Crippen molar-refractivity contribution in [3.63, 3.8) is 0 Å². The van der Waals surface area contributed by atoms with Crippen LogP contribution < -0.4 is 11.1 Å². The van der Waals surface area contributed by atoms with Crippen LogP contribution in [-0.4, -0.2) is 18.0 Å². The summed E-state index contributed by atoms with van der Waals surface area (Å²) < 4.78 is 50.5. The van der Waals surface area contributed by atoms with E-state index in [1.54, 1.807) is 13.8 Å². The van der Waals surface area contributed by atoms with E-state index in [0.717, 1.165) is 6.07 Å². The van der Waals surface area contributed by atoms with Gasteiger partial charge in [-0.3, -0.25) is 4.79 Å². The Bertz CT molecular complexity index is 483. The summed E-state index contributed by atoms with van der Waals surface area (Å²) in [6.45, 7) is 3.34. The molecule has 0 aromatic heterocycles. The molecule has 0 radical (unpaired) electrons. The average molecular weight is 315 g/mol. The zero-order valence-electron chi connectivity index (χ0n) is 10.8. The minimum Gasteiger partial charge on any atom is -0.350 e. The van der Waals surface area contributed by atoms with Crippen molar-refractivity contribution in [2.24, 2.45) is 5.73 Å². The average Bonchev–Trinajstić information content (AvgIpc) is 2.22. The first kappa shape index (κ1) is 18.7. The molecule has 1 rings (SSSR count). The second-order valence-electron chi connectivity index (χ2n) is 4.90. The van der Waals surface area contributed by atoms with E-state index in [-0.39, 0.29) is 19.0 Å². The van der Waals surface area contributed by atoms with Crippen LogP contribution in [0.3, 0.4) is 0 Å². The molecular formula is C12H15ClF4N2O. The summed E-state index contributed by atoms with van der Waals surface area (Å²) >= 11 is 0. The largest absolute Gasteiger partial charge is 0.416 e. The van der Waals surface area contributed by atoms with Gasteiger partial charge in [0.1, 0.15) is 5.82 Å². The molecule has 0 heterocycles. The monoisotopic (exact) mass is 314 g/mol. The lowest BCUT2D eigenvalue weighted by Gasteiger charge is -2.19. The predicted octanol–water partition coefficient (Wildman–Crippen LogP) is 2.73. The van der Waals surface area contributed by atoms with E-state index >= 15 is 0 Å². The maximum atomic E-state index is 13.1. The number of nitrogens with two attached hydrogens (primary N) is 1. The summed E-state index contributed by atoms with van der Waals surface area (Å²) in [5.74, 6) is -1.92. The van der Waals surface area contributed by atoms with E-state index in [1.165, 1.54) is 0 Å². The van der Waals surface area contributed by atoms with Crippen molar-refractivity contribution < 1.29 is 22.4 Å². The van der Waals surface area contributed by atoms with Gasteiger partial charge in [-0.1, -0.05) is 0 Å². The molecule has 0 saturated heterocycles. The number of benzene rings is 1. The Labute approximate surface area is 119 Å². The molecule has 8 heteroatoms. The molecule has 1 amide bonds. The van der Waals surface area contributed by atoms with E-state index in [0.29, 0.717) is 12.1 Å². The van der Waals surface area contributed by atoms with Crippen LogP contribution in [0.2, 0.25) is 0 Å². The van der Waals surface area contributed by atoms with Crippen molar-refractivity contribution >= 4 is 18.3 Å². The number of hydrogen-bond donors (Lipinski definition) is 2. The Morgan fingerprint density at radius 1 is 1.25 bits per heavy atom. The van der Waals surface area contributed by atoms with Crippen LogP contribution in [0, 0.1) is 5.82 Å². The number of rotatable bonds is 3. The molecule has 114 valence electrons. The molecule has 0 bridgehead atoms. The van der Waals surface area contributed by atoms with Gasteiger partial charge >= 0.3 is 6.18 Å². The molecule has 0 aliphatic heterocycles. The molecule has 1 aromatic rings. The van der Waals surface area contributed by atoms with Gasteiger partial charge < -0.3 is 11.1 Å². The van der Waals surface area contributed by atoms with Crippen molar-refractivity contribution in [2.75, 3.05) is 6.54 Å². The Hall–Kier alpha value is -1.34. The lowest BCUT2D eigenvalue weighted by Crippen LogP contribution is -2.45. The fraction of sp³-hybridized carbons (Fsp3) is 0.417. The standard InChI is InChI=1S/C12H14F4N2O.ClH/c1-11(2,17)6-18-10(19)7-3-8(12(14,15)16)5-9(13)4-7;/h3-5H,6,17H2,1-2H3,(H,18,19);1H. The van der Waals surface area contributed by atoms with Gasteiger partial charge in [0.2, 0.25) is 0 Å². The highest BCUT2D eigenvalue weighted by Gasteiger charge is 2.32.